The summed E-state index contributed by atoms with van der Waals surface area (Å²) in [6.45, 7) is 3.94. The second-order valence-electron chi connectivity index (χ2n) is 8.37. The highest BCUT2D eigenvalue weighted by Crippen LogP contribution is 2.42. The summed E-state index contributed by atoms with van der Waals surface area (Å²) in [5.74, 6) is -5.50. The molecule has 10 nitrogen and oxygen atoms in total. The standard InChI is InChI=1S/C24H30N4O6S2/c1-6-10-35-23-25-19(30)17(21(32)27(23)3)16(13-8-9-15(34-5)14(29)12-13)18-20(31)26-24(36-11-7-2)28(4)22(18)33/h8-9,12,16-18,29H,6-7,10-11H2,1-5H3. The normalized spacial score (nSPS) is 21.5. The van der Waals surface area contributed by atoms with E-state index in [-0.39, 0.29) is 27.4 Å². The Hall–Kier alpha value is -2.86. The first-order valence-corrected chi connectivity index (χ1v) is 13.6. The summed E-state index contributed by atoms with van der Waals surface area (Å²) in [6, 6.07) is 4.29. The summed E-state index contributed by atoms with van der Waals surface area (Å²) >= 11 is 2.57. The molecule has 2 heterocycles. The predicted molar refractivity (Wildman–Crippen MR) is 140 cm³/mol. The van der Waals surface area contributed by atoms with E-state index in [1.165, 1.54) is 72.7 Å². The molecule has 36 heavy (non-hydrogen) atoms. The average Bonchev–Trinajstić information content (AvgIpc) is 2.85. The number of aromatic hydroxyl groups is 1. The molecule has 0 bridgehead atoms. The molecule has 0 saturated carbocycles. The van der Waals surface area contributed by atoms with Gasteiger partial charge >= 0.3 is 0 Å². The van der Waals surface area contributed by atoms with Gasteiger partial charge in [0.1, 0.15) is 11.8 Å². The van der Waals surface area contributed by atoms with Gasteiger partial charge in [-0.1, -0.05) is 43.4 Å². The lowest BCUT2D eigenvalue weighted by Crippen LogP contribution is -2.53. The zero-order valence-corrected chi connectivity index (χ0v) is 22.5. The van der Waals surface area contributed by atoms with Crippen molar-refractivity contribution >= 4 is 57.5 Å². The van der Waals surface area contributed by atoms with Gasteiger partial charge in [0, 0.05) is 31.5 Å². The number of phenolic OH excluding ortho intramolecular Hbond substituents is 1. The molecule has 0 fully saturated rings. The van der Waals surface area contributed by atoms with Crippen molar-refractivity contribution in [2.45, 2.75) is 32.6 Å². The van der Waals surface area contributed by atoms with Crippen molar-refractivity contribution in [3.8, 4) is 11.5 Å². The molecule has 0 aliphatic carbocycles. The van der Waals surface area contributed by atoms with Crippen LogP contribution in [-0.2, 0) is 19.2 Å². The molecule has 2 aliphatic rings. The van der Waals surface area contributed by atoms with Crippen molar-refractivity contribution in [3.05, 3.63) is 23.8 Å². The van der Waals surface area contributed by atoms with E-state index in [0.717, 1.165) is 12.8 Å². The summed E-state index contributed by atoms with van der Waals surface area (Å²) in [5, 5.41) is 11.0. The van der Waals surface area contributed by atoms with Gasteiger partial charge < -0.3 is 9.84 Å². The topological polar surface area (TPSA) is 129 Å². The highest BCUT2D eigenvalue weighted by Gasteiger charge is 2.52. The number of rotatable bonds is 8. The van der Waals surface area contributed by atoms with Crippen LogP contribution in [0.3, 0.4) is 0 Å². The maximum atomic E-state index is 13.5. The van der Waals surface area contributed by atoms with Gasteiger partial charge in [-0.2, -0.15) is 9.98 Å². The Morgan fingerprint density at radius 1 is 0.917 bits per heavy atom. The fourth-order valence-corrected chi connectivity index (χ4v) is 5.70. The van der Waals surface area contributed by atoms with Gasteiger partial charge in [-0.15, -0.1) is 0 Å². The van der Waals surface area contributed by atoms with Crippen molar-refractivity contribution in [2.24, 2.45) is 21.8 Å². The van der Waals surface area contributed by atoms with E-state index in [9.17, 15) is 24.3 Å². The molecular formula is C24H30N4O6S2. The van der Waals surface area contributed by atoms with Crippen LogP contribution < -0.4 is 4.74 Å². The third-order valence-corrected chi connectivity index (χ3v) is 8.36. The lowest BCUT2D eigenvalue weighted by molar-refractivity contribution is -0.144. The van der Waals surface area contributed by atoms with Gasteiger partial charge in [0.05, 0.1) is 7.11 Å². The second kappa shape index (κ2) is 11.9. The molecule has 1 aromatic carbocycles. The van der Waals surface area contributed by atoms with Crippen LogP contribution in [0.1, 0.15) is 38.2 Å². The largest absolute Gasteiger partial charge is 0.504 e. The smallest absolute Gasteiger partial charge is 0.261 e. The van der Waals surface area contributed by atoms with Gasteiger partial charge in [0.25, 0.3) is 11.8 Å². The van der Waals surface area contributed by atoms with Crippen molar-refractivity contribution < 1.29 is 29.0 Å². The number of hydrogen-bond acceptors (Lipinski definition) is 8. The number of benzene rings is 1. The number of ether oxygens (including phenoxy) is 1. The summed E-state index contributed by atoms with van der Waals surface area (Å²) in [6.07, 6.45) is 1.65. The van der Waals surface area contributed by atoms with Gasteiger partial charge in [0.15, 0.2) is 21.8 Å². The Morgan fingerprint density at radius 3 is 1.78 bits per heavy atom. The van der Waals surface area contributed by atoms with E-state index in [4.69, 9.17) is 4.74 Å². The lowest BCUT2D eigenvalue weighted by Gasteiger charge is -2.37. The molecule has 1 N–H and O–H groups in total. The highest BCUT2D eigenvalue weighted by molar-refractivity contribution is 8.14. The fraction of sp³-hybridized carbons (Fsp3) is 0.500. The number of phenols is 1. The Bertz CT molecular complexity index is 1060. The van der Waals surface area contributed by atoms with Crippen molar-refractivity contribution in [1.82, 2.24) is 9.80 Å². The summed E-state index contributed by atoms with van der Waals surface area (Å²) in [4.78, 5) is 64.5. The van der Waals surface area contributed by atoms with Crippen molar-refractivity contribution in [2.75, 3.05) is 32.7 Å². The predicted octanol–water partition coefficient (Wildman–Crippen LogP) is 2.71. The molecule has 2 atom stereocenters. The molecule has 0 saturated heterocycles. The van der Waals surface area contributed by atoms with E-state index in [0.29, 0.717) is 11.5 Å². The van der Waals surface area contributed by atoms with Gasteiger partial charge in [0.2, 0.25) is 11.8 Å². The molecule has 3 rings (SSSR count). The van der Waals surface area contributed by atoms with Crippen LogP contribution in [0.25, 0.3) is 0 Å². The number of amidine groups is 2. The van der Waals surface area contributed by atoms with Gasteiger partial charge in [-0.05, 0) is 30.5 Å². The Kier molecular flexibility index (Phi) is 9.18. The third kappa shape index (κ3) is 5.44. The van der Waals surface area contributed by atoms with E-state index >= 15 is 0 Å². The average molecular weight is 535 g/mol. The summed E-state index contributed by atoms with van der Waals surface area (Å²) in [5.41, 5.74) is 0.258. The second-order valence-corrected chi connectivity index (χ2v) is 10.5. The number of methoxy groups -OCH3 is 1. The van der Waals surface area contributed by atoms with Crippen LogP contribution in [0, 0.1) is 11.8 Å². The molecule has 1 aromatic rings. The third-order valence-electron chi connectivity index (χ3n) is 5.89. The first-order valence-electron chi connectivity index (χ1n) is 11.6. The van der Waals surface area contributed by atoms with Crippen LogP contribution in [0.15, 0.2) is 28.2 Å². The Labute approximate surface area is 218 Å². The number of aliphatic imine (C=N–C) groups is 2. The van der Waals surface area contributed by atoms with E-state index in [2.05, 4.69) is 9.98 Å². The maximum absolute atomic E-state index is 13.5. The number of thioether (sulfide) groups is 2. The molecule has 0 spiro atoms. The van der Waals surface area contributed by atoms with Crippen LogP contribution in [0.4, 0.5) is 0 Å². The number of carbonyl (C=O) groups is 4. The zero-order valence-electron chi connectivity index (χ0n) is 20.9. The van der Waals surface area contributed by atoms with Crippen LogP contribution in [-0.4, -0.2) is 81.6 Å². The Balaban J connectivity index is 2.13. The first-order chi connectivity index (χ1) is 17.2. The van der Waals surface area contributed by atoms with Gasteiger partial charge in [-0.25, -0.2) is 0 Å². The number of nitrogens with zero attached hydrogens (tertiary/aromatic N) is 4. The fourth-order valence-electron chi connectivity index (χ4n) is 4.05. The van der Waals surface area contributed by atoms with E-state index < -0.39 is 41.4 Å². The number of hydrogen-bond donors (Lipinski definition) is 1. The lowest BCUT2D eigenvalue weighted by atomic mass is 9.74. The van der Waals surface area contributed by atoms with Crippen LogP contribution >= 0.6 is 23.5 Å². The molecule has 0 aromatic heterocycles. The minimum absolute atomic E-state index is 0.168. The molecule has 0 radical (unpaired) electrons. The van der Waals surface area contributed by atoms with Gasteiger partial charge in [-0.3, -0.25) is 29.0 Å². The molecule has 194 valence electrons. The Morgan fingerprint density at radius 2 is 1.39 bits per heavy atom. The molecular weight excluding hydrogens is 504 g/mol. The van der Waals surface area contributed by atoms with Crippen LogP contribution in [0.2, 0.25) is 0 Å². The summed E-state index contributed by atoms with van der Waals surface area (Å²) in [7, 11) is 4.41. The highest BCUT2D eigenvalue weighted by atomic mass is 32.2. The molecule has 12 heteroatoms. The van der Waals surface area contributed by atoms with E-state index in [1.54, 1.807) is 0 Å². The van der Waals surface area contributed by atoms with Crippen molar-refractivity contribution in [1.29, 1.82) is 0 Å². The minimum Gasteiger partial charge on any atom is -0.504 e. The molecule has 2 aliphatic heterocycles. The zero-order chi connectivity index (χ0) is 26.6. The number of amides is 4. The first kappa shape index (κ1) is 27.7. The van der Waals surface area contributed by atoms with E-state index in [1.807, 2.05) is 13.8 Å². The van der Waals surface area contributed by atoms with Crippen molar-refractivity contribution in [3.63, 3.8) is 0 Å². The molecule has 2 unspecified atom stereocenters. The number of carbonyl (C=O) groups excluding carboxylic acids is 4. The SMILES string of the molecule is CCCSC1=NC(=O)C(C(c2ccc(OC)c(O)c2)C2C(=O)N=C(SCCC)N(C)C2=O)C(=O)N1C. The quantitative estimate of drug-likeness (QED) is 0.504. The monoisotopic (exact) mass is 534 g/mol. The summed E-state index contributed by atoms with van der Waals surface area (Å²) < 4.78 is 5.11. The maximum Gasteiger partial charge on any atom is 0.261 e. The minimum atomic E-state index is -1.44. The molecule has 4 amide bonds. The van der Waals surface area contributed by atoms with Crippen LogP contribution in [0.5, 0.6) is 11.5 Å².